The minimum absolute atomic E-state index is 0.103. The normalized spacial score (nSPS) is 11.9. The number of rotatable bonds is 6. The van der Waals surface area contributed by atoms with Gasteiger partial charge in [0.05, 0.1) is 31.5 Å². The predicted octanol–water partition coefficient (Wildman–Crippen LogP) is 4.02. The predicted molar refractivity (Wildman–Crippen MR) is 92.3 cm³/mol. The van der Waals surface area contributed by atoms with Crippen LogP contribution in [0.3, 0.4) is 0 Å². The molecule has 0 aliphatic rings. The van der Waals surface area contributed by atoms with Crippen LogP contribution in [0.1, 0.15) is 23.8 Å². The molecule has 3 rings (SSSR count). The van der Waals surface area contributed by atoms with Gasteiger partial charge in [0.2, 0.25) is 5.91 Å². The number of aromatic nitrogens is 1. The van der Waals surface area contributed by atoms with Gasteiger partial charge in [-0.15, -0.1) is 0 Å². The van der Waals surface area contributed by atoms with Crippen molar-refractivity contribution < 1.29 is 13.9 Å². The average Bonchev–Trinajstić information content (AvgIpc) is 3.27. The van der Waals surface area contributed by atoms with Crippen LogP contribution < -0.4 is 10.1 Å². The highest BCUT2D eigenvalue weighted by atomic mass is 16.5. The molecule has 2 aromatic heterocycles. The number of carbonyl (C=O) groups is 1. The lowest BCUT2D eigenvalue weighted by Crippen LogP contribution is -2.19. The maximum absolute atomic E-state index is 12.6. The van der Waals surface area contributed by atoms with E-state index in [2.05, 4.69) is 5.32 Å². The first-order valence-corrected chi connectivity index (χ1v) is 7.77. The van der Waals surface area contributed by atoms with Gasteiger partial charge in [-0.1, -0.05) is 6.07 Å². The Kier molecular flexibility index (Phi) is 4.70. The first-order chi connectivity index (χ1) is 11.7. The van der Waals surface area contributed by atoms with Crippen molar-refractivity contribution in [1.29, 1.82) is 0 Å². The number of ether oxygens (including phenoxy) is 1. The molecule has 0 aliphatic heterocycles. The first kappa shape index (κ1) is 15.9. The molecule has 0 radical (unpaired) electrons. The van der Waals surface area contributed by atoms with E-state index >= 15 is 0 Å². The van der Waals surface area contributed by atoms with Crippen molar-refractivity contribution in [2.75, 3.05) is 12.4 Å². The van der Waals surface area contributed by atoms with Gasteiger partial charge < -0.3 is 19.0 Å². The molecule has 1 amide bonds. The Morgan fingerprint density at radius 2 is 2.04 bits per heavy atom. The molecule has 1 aromatic carbocycles. The van der Waals surface area contributed by atoms with Crippen LogP contribution in [0.4, 0.5) is 5.69 Å². The Morgan fingerprint density at radius 1 is 1.25 bits per heavy atom. The summed E-state index contributed by atoms with van der Waals surface area (Å²) in [6, 6.07) is 13.1. The SMILES string of the molecule is COc1ccc(C)cc1NC(=O)C[C@H](c1ccco1)n1cccc1. The molecule has 0 unspecified atom stereocenters. The summed E-state index contributed by atoms with van der Waals surface area (Å²) in [7, 11) is 1.59. The zero-order valence-electron chi connectivity index (χ0n) is 13.7. The molecule has 0 fully saturated rings. The van der Waals surface area contributed by atoms with Crippen LogP contribution in [-0.2, 0) is 4.79 Å². The molecule has 3 aromatic rings. The summed E-state index contributed by atoms with van der Waals surface area (Å²) in [6.45, 7) is 1.97. The van der Waals surface area contributed by atoms with Gasteiger partial charge in [0, 0.05) is 12.4 Å². The summed E-state index contributed by atoms with van der Waals surface area (Å²) < 4.78 is 12.8. The lowest BCUT2D eigenvalue weighted by molar-refractivity contribution is -0.116. The third-order valence-corrected chi connectivity index (χ3v) is 3.87. The van der Waals surface area contributed by atoms with E-state index in [1.54, 1.807) is 13.4 Å². The largest absolute Gasteiger partial charge is 0.495 e. The molecule has 0 aliphatic carbocycles. The fourth-order valence-electron chi connectivity index (χ4n) is 2.69. The Bertz CT molecular complexity index is 758. The molecular weight excluding hydrogens is 304 g/mol. The molecule has 0 saturated carbocycles. The van der Waals surface area contributed by atoms with Gasteiger partial charge in [0.15, 0.2) is 0 Å². The van der Waals surface area contributed by atoms with Crippen molar-refractivity contribution in [3.8, 4) is 5.75 Å². The van der Waals surface area contributed by atoms with Crippen LogP contribution >= 0.6 is 0 Å². The number of amides is 1. The maximum Gasteiger partial charge on any atom is 0.227 e. The smallest absolute Gasteiger partial charge is 0.227 e. The minimum Gasteiger partial charge on any atom is -0.495 e. The van der Waals surface area contributed by atoms with Crippen LogP contribution in [0.5, 0.6) is 5.75 Å². The zero-order chi connectivity index (χ0) is 16.9. The highest BCUT2D eigenvalue weighted by Gasteiger charge is 2.20. The molecule has 1 atom stereocenters. The first-order valence-electron chi connectivity index (χ1n) is 7.77. The fourth-order valence-corrected chi connectivity index (χ4v) is 2.69. The molecule has 2 heterocycles. The van der Waals surface area contributed by atoms with Gasteiger partial charge in [-0.2, -0.15) is 0 Å². The second-order valence-corrected chi connectivity index (χ2v) is 5.62. The van der Waals surface area contributed by atoms with Crippen molar-refractivity contribution in [2.24, 2.45) is 0 Å². The number of nitrogens with one attached hydrogen (secondary N) is 1. The van der Waals surface area contributed by atoms with Gasteiger partial charge in [0.1, 0.15) is 11.5 Å². The molecule has 5 nitrogen and oxygen atoms in total. The van der Waals surface area contributed by atoms with E-state index in [0.717, 1.165) is 11.3 Å². The van der Waals surface area contributed by atoms with E-state index in [-0.39, 0.29) is 18.4 Å². The van der Waals surface area contributed by atoms with Gasteiger partial charge in [-0.3, -0.25) is 4.79 Å². The summed E-state index contributed by atoms with van der Waals surface area (Å²) in [5, 5.41) is 2.94. The molecule has 0 spiro atoms. The second kappa shape index (κ2) is 7.08. The standard InChI is InChI=1S/C19H20N2O3/c1-14-7-8-17(23-2)15(12-14)20-19(22)13-16(18-6-5-11-24-18)21-9-3-4-10-21/h3-12,16H,13H2,1-2H3,(H,20,22)/t16-/m1/s1. The molecule has 0 saturated heterocycles. The third-order valence-electron chi connectivity index (χ3n) is 3.87. The molecule has 124 valence electrons. The van der Waals surface area contributed by atoms with E-state index in [1.165, 1.54) is 0 Å². The van der Waals surface area contributed by atoms with Crippen LogP contribution in [0.15, 0.2) is 65.5 Å². The fraction of sp³-hybridized carbons (Fsp3) is 0.211. The number of furan rings is 1. The summed E-state index contributed by atoms with van der Waals surface area (Å²) in [4.78, 5) is 12.6. The molecule has 24 heavy (non-hydrogen) atoms. The van der Waals surface area contributed by atoms with Crippen molar-refractivity contribution in [1.82, 2.24) is 4.57 Å². The van der Waals surface area contributed by atoms with Crippen LogP contribution in [0.2, 0.25) is 0 Å². The van der Waals surface area contributed by atoms with Crippen molar-refractivity contribution in [3.05, 3.63) is 72.4 Å². The number of aryl methyl sites for hydroxylation is 1. The van der Waals surface area contributed by atoms with Crippen molar-refractivity contribution >= 4 is 11.6 Å². The van der Waals surface area contributed by atoms with Crippen LogP contribution in [-0.4, -0.2) is 17.6 Å². The van der Waals surface area contributed by atoms with E-state index < -0.39 is 0 Å². The lowest BCUT2D eigenvalue weighted by atomic mass is 10.1. The van der Waals surface area contributed by atoms with E-state index in [1.807, 2.05) is 66.3 Å². The van der Waals surface area contributed by atoms with Crippen molar-refractivity contribution in [2.45, 2.75) is 19.4 Å². The zero-order valence-corrected chi connectivity index (χ0v) is 13.7. The number of anilines is 1. The van der Waals surface area contributed by atoms with Gasteiger partial charge >= 0.3 is 0 Å². The summed E-state index contributed by atoms with van der Waals surface area (Å²) >= 11 is 0. The van der Waals surface area contributed by atoms with Crippen LogP contribution in [0, 0.1) is 6.92 Å². The van der Waals surface area contributed by atoms with Gasteiger partial charge in [-0.25, -0.2) is 0 Å². The number of hydrogen-bond donors (Lipinski definition) is 1. The van der Waals surface area contributed by atoms with Crippen molar-refractivity contribution in [3.63, 3.8) is 0 Å². The molecule has 5 heteroatoms. The van der Waals surface area contributed by atoms with Crippen LogP contribution in [0.25, 0.3) is 0 Å². The van der Waals surface area contributed by atoms with Gasteiger partial charge in [-0.05, 0) is 48.9 Å². The quantitative estimate of drug-likeness (QED) is 0.745. The topological polar surface area (TPSA) is 56.4 Å². The Balaban J connectivity index is 1.79. The highest BCUT2D eigenvalue weighted by Crippen LogP contribution is 2.27. The molecule has 1 N–H and O–H groups in total. The summed E-state index contributed by atoms with van der Waals surface area (Å²) in [6.07, 6.45) is 5.73. The van der Waals surface area contributed by atoms with E-state index in [4.69, 9.17) is 9.15 Å². The molecular formula is C19H20N2O3. The molecule has 0 bridgehead atoms. The lowest BCUT2D eigenvalue weighted by Gasteiger charge is -2.17. The number of hydrogen-bond acceptors (Lipinski definition) is 3. The Morgan fingerprint density at radius 3 is 2.71 bits per heavy atom. The Labute approximate surface area is 140 Å². The maximum atomic E-state index is 12.6. The number of benzene rings is 1. The summed E-state index contributed by atoms with van der Waals surface area (Å²) in [5.41, 5.74) is 1.73. The van der Waals surface area contributed by atoms with E-state index in [0.29, 0.717) is 11.4 Å². The monoisotopic (exact) mass is 324 g/mol. The Hall–Kier alpha value is -2.95. The van der Waals surface area contributed by atoms with E-state index in [9.17, 15) is 4.79 Å². The number of carbonyl (C=O) groups excluding carboxylic acids is 1. The number of methoxy groups -OCH3 is 1. The second-order valence-electron chi connectivity index (χ2n) is 5.62. The highest BCUT2D eigenvalue weighted by molar-refractivity contribution is 5.92. The third kappa shape index (κ3) is 3.51. The average molecular weight is 324 g/mol. The van der Waals surface area contributed by atoms with Gasteiger partial charge in [0.25, 0.3) is 0 Å². The number of nitrogens with zero attached hydrogens (tertiary/aromatic N) is 1. The summed E-state index contributed by atoms with van der Waals surface area (Å²) in [5.74, 6) is 1.29. The minimum atomic E-state index is -0.189.